The van der Waals surface area contributed by atoms with E-state index in [0.717, 1.165) is 0 Å². The van der Waals surface area contributed by atoms with Crippen molar-refractivity contribution in [3.05, 3.63) is 58.8 Å². The van der Waals surface area contributed by atoms with Gasteiger partial charge in [-0.15, -0.1) is 4.40 Å². The summed E-state index contributed by atoms with van der Waals surface area (Å²) in [6.45, 7) is 1.67. The highest BCUT2D eigenvalue weighted by Crippen LogP contribution is 2.16. The van der Waals surface area contributed by atoms with Crippen LogP contribution in [0.25, 0.3) is 16.7 Å². The second-order valence-corrected chi connectivity index (χ2v) is 6.76. The van der Waals surface area contributed by atoms with Gasteiger partial charge in [0.25, 0.3) is 15.6 Å². The van der Waals surface area contributed by atoms with Gasteiger partial charge in [-0.05, 0) is 43.3 Å². The summed E-state index contributed by atoms with van der Waals surface area (Å²) in [5.74, 6) is -0.126. The molecule has 0 saturated heterocycles. The fraction of sp³-hybridized carbons (Fsp3) is 0.0667. The quantitative estimate of drug-likeness (QED) is 0.497. The SMILES string of the molecule is Cc1nc2ncccc2c(=O)n1-c1ccc(S(=O)(=O)N=C(N)N)cc1. The van der Waals surface area contributed by atoms with E-state index in [2.05, 4.69) is 14.4 Å². The lowest BCUT2D eigenvalue weighted by atomic mass is 10.3. The van der Waals surface area contributed by atoms with E-state index in [9.17, 15) is 13.2 Å². The van der Waals surface area contributed by atoms with Crippen LogP contribution in [-0.4, -0.2) is 28.9 Å². The molecule has 0 aliphatic carbocycles. The number of aromatic nitrogens is 3. The summed E-state index contributed by atoms with van der Waals surface area (Å²) in [5.41, 5.74) is 10.8. The van der Waals surface area contributed by atoms with Gasteiger partial charge in [0.2, 0.25) is 5.96 Å². The van der Waals surface area contributed by atoms with Crippen molar-refractivity contribution >= 4 is 27.0 Å². The first-order valence-corrected chi connectivity index (χ1v) is 8.54. The lowest BCUT2D eigenvalue weighted by Gasteiger charge is -2.10. The Hall–Kier alpha value is -3.27. The Morgan fingerprint density at radius 3 is 2.48 bits per heavy atom. The summed E-state index contributed by atoms with van der Waals surface area (Å²) in [6.07, 6.45) is 1.56. The summed E-state index contributed by atoms with van der Waals surface area (Å²) in [6, 6.07) is 8.87. The Morgan fingerprint density at radius 2 is 1.84 bits per heavy atom. The lowest BCUT2D eigenvalue weighted by Crippen LogP contribution is -2.24. The van der Waals surface area contributed by atoms with Crippen LogP contribution in [0.1, 0.15) is 5.82 Å². The van der Waals surface area contributed by atoms with Crippen molar-refractivity contribution in [2.75, 3.05) is 0 Å². The van der Waals surface area contributed by atoms with Gasteiger partial charge in [-0.1, -0.05) is 0 Å². The highest BCUT2D eigenvalue weighted by Gasteiger charge is 2.15. The first-order chi connectivity index (χ1) is 11.8. The second kappa shape index (κ2) is 5.98. The normalized spacial score (nSPS) is 11.4. The highest BCUT2D eigenvalue weighted by molar-refractivity contribution is 7.90. The molecule has 0 aliphatic heterocycles. The molecule has 0 atom stereocenters. The monoisotopic (exact) mass is 358 g/mol. The maximum Gasteiger partial charge on any atom is 0.285 e. The first kappa shape index (κ1) is 16.6. The summed E-state index contributed by atoms with van der Waals surface area (Å²) >= 11 is 0. The molecule has 0 fully saturated rings. The summed E-state index contributed by atoms with van der Waals surface area (Å²) in [7, 11) is -3.99. The predicted molar refractivity (Wildman–Crippen MR) is 92.9 cm³/mol. The molecular weight excluding hydrogens is 344 g/mol. The number of pyridine rings is 1. The zero-order chi connectivity index (χ0) is 18.2. The van der Waals surface area contributed by atoms with Crippen molar-refractivity contribution in [2.24, 2.45) is 15.9 Å². The minimum absolute atomic E-state index is 0.0919. The van der Waals surface area contributed by atoms with Gasteiger partial charge < -0.3 is 11.5 Å². The molecule has 0 radical (unpaired) electrons. The van der Waals surface area contributed by atoms with Crippen molar-refractivity contribution < 1.29 is 8.42 Å². The van der Waals surface area contributed by atoms with Crippen LogP contribution in [0.15, 0.2) is 56.7 Å². The number of hydrogen-bond acceptors (Lipinski definition) is 5. The summed E-state index contributed by atoms with van der Waals surface area (Å²) in [4.78, 5) is 21.0. The third kappa shape index (κ3) is 3.06. The smallest absolute Gasteiger partial charge is 0.285 e. The minimum atomic E-state index is -3.99. The first-order valence-electron chi connectivity index (χ1n) is 7.10. The van der Waals surface area contributed by atoms with Crippen LogP contribution in [0.3, 0.4) is 0 Å². The van der Waals surface area contributed by atoms with Gasteiger partial charge in [0, 0.05) is 6.20 Å². The molecule has 0 bridgehead atoms. The van der Waals surface area contributed by atoms with E-state index in [0.29, 0.717) is 22.5 Å². The van der Waals surface area contributed by atoms with Crippen LogP contribution in [-0.2, 0) is 10.0 Å². The molecule has 0 unspecified atom stereocenters. The average Bonchev–Trinajstić information content (AvgIpc) is 2.54. The third-order valence-electron chi connectivity index (χ3n) is 3.43. The molecule has 2 heterocycles. The zero-order valence-electron chi connectivity index (χ0n) is 13.1. The maximum absolute atomic E-state index is 12.7. The van der Waals surface area contributed by atoms with Crippen molar-refractivity contribution in [2.45, 2.75) is 11.8 Å². The van der Waals surface area contributed by atoms with Gasteiger partial charge in [-0.3, -0.25) is 9.36 Å². The molecule has 9 nitrogen and oxygen atoms in total. The molecule has 2 aromatic heterocycles. The van der Waals surface area contributed by atoms with E-state index in [-0.39, 0.29) is 10.5 Å². The molecule has 25 heavy (non-hydrogen) atoms. The molecule has 4 N–H and O–H groups in total. The Balaban J connectivity index is 2.15. The summed E-state index contributed by atoms with van der Waals surface area (Å²) < 4.78 is 28.5. The van der Waals surface area contributed by atoms with Crippen molar-refractivity contribution in [1.29, 1.82) is 0 Å². The van der Waals surface area contributed by atoms with Crippen molar-refractivity contribution in [3.63, 3.8) is 0 Å². The Morgan fingerprint density at radius 1 is 1.16 bits per heavy atom. The Bertz CT molecular complexity index is 1150. The topological polar surface area (TPSA) is 146 Å². The molecule has 0 saturated carbocycles. The Kier molecular flexibility index (Phi) is 3.97. The van der Waals surface area contributed by atoms with E-state index in [1.165, 1.54) is 28.8 Å². The van der Waals surface area contributed by atoms with E-state index in [4.69, 9.17) is 11.5 Å². The number of benzene rings is 1. The summed E-state index contributed by atoms with van der Waals surface area (Å²) in [5, 5.41) is 0.366. The molecule has 0 spiro atoms. The number of fused-ring (bicyclic) bond motifs is 1. The van der Waals surface area contributed by atoms with Crippen LogP contribution < -0.4 is 17.0 Å². The average molecular weight is 358 g/mol. The molecule has 3 rings (SSSR count). The molecule has 1 aromatic carbocycles. The number of sulfonamides is 1. The van der Waals surface area contributed by atoms with Crippen molar-refractivity contribution in [1.82, 2.24) is 14.5 Å². The van der Waals surface area contributed by atoms with Crippen LogP contribution in [0.4, 0.5) is 0 Å². The van der Waals surface area contributed by atoms with Gasteiger partial charge in [-0.25, -0.2) is 9.97 Å². The molecule has 0 aliphatic rings. The number of rotatable bonds is 3. The number of nitrogens with two attached hydrogens (primary N) is 2. The molecular formula is C15H14N6O3S. The fourth-order valence-corrected chi connectivity index (χ4v) is 3.25. The molecule has 0 amide bonds. The van der Waals surface area contributed by atoms with Crippen LogP contribution >= 0.6 is 0 Å². The highest BCUT2D eigenvalue weighted by atomic mass is 32.2. The van der Waals surface area contributed by atoms with E-state index in [1.54, 1.807) is 25.3 Å². The lowest BCUT2D eigenvalue weighted by molar-refractivity contribution is 0.598. The molecule has 10 heteroatoms. The van der Waals surface area contributed by atoms with Gasteiger partial charge in [-0.2, -0.15) is 8.42 Å². The third-order valence-corrected chi connectivity index (χ3v) is 4.75. The number of guanidine groups is 1. The largest absolute Gasteiger partial charge is 0.369 e. The van der Waals surface area contributed by atoms with Crippen LogP contribution in [0.2, 0.25) is 0 Å². The zero-order valence-corrected chi connectivity index (χ0v) is 13.9. The fourth-order valence-electron chi connectivity index (χ4n) is 2.39. The predicted octanol–water partition coefficient (Wildman–Crippen LogP) is 0.0512. The van der Waals surface area contributed by atoms with Gasteiger partial charge >= 0.3 is 0 Å². The van der Waals surface area contributed by atoms with Crippen LogP contribution in [0.5, 0.6) is 0 Å². The van der Waals surface area contributed by atoms with Gasteiger partial charge in [0.15, 0.2) is 5.65 Å². The van der Waals surface area contributed by atoms with Crippen molar-refractivity contribution in [3.8, 4) is 5.69 Å². The van der Waals surface area contributed by atoms with E-state index < -0.39 is 16.0 Å². The van der Waals surface area contributed by atoms with E-state index in [1.807, 2.05) is 0 Å². The molecule has 3 aromatic rings. The maximum atomic E-state index is 12.7. The number of aryl methyl sites for hydroxylation is 1. The van der Waals surface area contributed by atoms with E-state index >= 15 is 0 Å². The van der Waals surface area contributed by atoms with Crippen LogP contribution in [0, 0.1) is 6.92 Å². The number of nitrogens with zero attached hydrogens (tertiary/aromatic N) is 4. The number of hydrogen-bond donors (Lipinski definition) is 2. The van der Waals surface area contributed by atoms with Gasteiger partial charge in [0.1, 0.15) is 5.82 Å². The minimum Gasteiger partial charge on any atom is -0.369 e. The second-order valence-electron chi connectivity index (χ2n) is 5.16. The standard InChI is InChI=1S/C15H14N6O3S/c1-9-19-13-12(3-2-8-18-13)14(22)21(9)10-4-6-11(7-5-10)25(23,24)20-15(16)17/h2-8H,1H3,(H4,16,17,20). The molecule has 128 valence electrons. The Labute approximate surface area is 142 Å². The van der Waals surface area contributed by atoms with Gasteiger partial charge in [0.05, 0.1) is 16.0 Å².